The van der Waals surface area contributed by atoms with E-state index in [1.807, 2.05) is 30.0 Å². The molecule has 3 aliphatic rings. The van der Waals surface area contributed by atoms with Gasteiger partial charge in [-0.15, -0.1) is 0 Å². The predicted molar refractivity (Wildman–Crippen MR) is 178 cm³/mol. The highest BCUT2D eigenvalue weighted by Gasteiger charge is 2.39. The minimum Gasteiger partial charge on any atom is -0.484 e. The minimum absolute atomic E-state index is 0.0686. The molecule has 3 aliphatic heterocycles. The summed E-state index contributed by atoms with van der Waals surface area (Å²) in [6, 6.07) is 8.87. The van der Waals surface area contributed by atoms with Crippen LogP contribution in [0.3, 0.4) is 0 Å². The Kier molecular flexibility index (Phi) is 11.5. The zero-order valence-electron chi connectivity index (χ0n) is 27.9. The van der Waals surface area contributed by atoms with Crippen molar-refractivity contribution in [2.75, 3.05) is 51.3 Å². The number of carbonyl (C=O) groups excluding carboxylic acids is 5. The first-order valence-electron chi connectivity index (χ1n) is 16.7. The molecule has 0 aromatic heterocycles. The first-order valence-corrected chi connectivity index (χ1v) is 16.7. The fourth-order valence-corrected chi connectivity index (χ4v) is 6.81. The fraction of sp³-hybridized carbons (Fsp3) is 0.514. The number of likely N-dealkylation sites (tertiary alicyclic amines) is 1. The maximum atomic E-state index is 14.2. The van der Waals surface area contributed by atoms with Crippen LogP contribution in [0.1, 0.15) is 43.7 Å². The average Bonchev–Trinajstić information content (AvgIpc) is 3.57. The second kappa shape index (κ2) is 15.8. The molecule has 2 aromatic rings. The molecule has 5 N–H and O–H groups in total. The molecular formula is C35H45FN6O7. The molecule has 5 amide bonds. The van der Waals surface area contributed by atoms with Crippen molar-refractivity contribution >= 4 is 35.2 Å². The predicted octanol–water partition coefficient (Wildman–Crippen LogP) is 0.879. The van der Waals surface area contributed by atoms with Gasteiger partial charge in [-0.05, 0) is 99.8 Å². The maximum absolute atomic E-state index is 14.2. The maximum Gasteiger partial charge on any atom is 0.258 e. The topological polar surface area (TPSA) is 169 Å². The Morgan fingerprint density at radius 2 is 1.84 bits per heavy atom. The number of aliphatic hydroxyl groups excluding tert-OH is 1. The summed E-state index contributed by atoms with van der Waals surface area (Å²) in [4.78, 5) is 68.8. The van der Waals surface area contributed by atoms with Gasteiger partial charge in [-0.25, -0.2) is 4.39 Å². The van der Waals surface area contributed by atoms with E-state index >= 15 is 0 Å². The number of piperidine rings is 1. The van der Waals surface area contributed by atoms with Gasteiger partial charge in [0.25, 0.3) is 5.91 Å². The first-order chi connectivity index (χ1) is 23.4. The summed E-state index contributed by atoms with van der Waals surface area (Å²) in [6.07, 6.45) is 2.68. The molecule has 3 heterocycles. The molecule has 0 unspecified atom stereocenters. The van der Waals surface area contributed by atoms with Crippen LogP contribution in [0.4, 0.5) is 10.1 Å². The zero-order valence-corrected chi connectivity index (χ0v) is 27.9. The van der Waals surface area contributed by atoms with Crippen LogP contribution < -0.4 is 26.0 Å². The highest BCUT2D eigenvalue weighted by molar-refractivity contribution is 5.95. The molecular weight excluding hydrogens is 635 g/mol. The number of rotatable bonds is 4. The standard InChI is InChI=1S/C35H45FN6O7/c1-22-8-9-26(36)27(15-22)39-30(44)18-41-13-10-35(11-14-41)17-24-5-3-6-25(16-24)49-20-31(45)38-23(2)34(48)42-12-4-7-29(42)33(47)40-28(19-43)32(46)37-21-35/h3,5-6,8-9,15-16,23,28-29,43H,4,7,10-14,17-21H2,1-2H3,(H,37,46)(H,38,45)(H,39,44)(H,40,47)/t23-,28-,29-/m0/s1. The van der Waals surface area contributed by atoms with Crippen molar-refractivity contribution in [3.8, 4) is 5.75 Å². The molecule has 49 heavy (non-hydrogen) atoms. The number of carbonyl (C=O) groups is 5. The van der Waals surface area contributed by atoms with Crippen LogP contribution in [-0.2, 0) is 30.4 Å². The number of aryl methyl sites for hydroxylation is 1. The number of hydrogen-bond donors (Lipinski definition) is 5. The number of halogens is 1. The Labute approximate surface area is 284 Å². The number of amides is 5. The molecule has 5 rings (SSSR count). The highest BCUT2D eigenvalue weighted by atomic mass is 19.1. The van der Waals surface area contributed by atoms with E-state index in [0.29, 0.717) is 57.5 Å². The lowest BCUT2D eigenvalue weighted by molar-refractivity contribution is -0.142. The van der Waals surface area contributed by atoms with Crippen LogP contribution in [0.2, 0.25) is 0 Å². The van der Waals surface area contributed by atoms with E-state index in [2.05, 4.69) is 21.3 Å². The van der Waals surface area contributed by atoms with Gasteiger partial charge in [-0.3, -0.25) is 28.9 Å². The van der Waals surface area contributed by atoms with Gasteiger partial charge in [-0.2, -0.15) is 0 Å². The molecule has 2 saturated heterocycles. The Hall–Kier alpha value is -4.56. The van der Waals surface area contributed by atoms with E-state index in [9.17, 15) is 33.5 Å². The van der Waals surface area contributed by atoms with Crippen LogP contribution in [0.15, 0.2) is 42.5 Å². The quantitative estimate of drug-likeness (QED) is 0.317. The van der Waals surface area contributed by atoms with Gasteiger partial charge in [0.1, 0.15) is 29.7 Å². The van der Waals surface area contributed by atoms with E-state index in [1.165, 1.54) is 11.0 Å². The van der Waals surface area contributed by atoms with E-state index in [0.717, 1.165) is 11.1 Å². The van der Waals surface area contributed by atoms with E-state index in [4.69, 9.17) is 4.74 Å². The van der Waals surface area contributed by atoms with Crippen LogP contribution in [-0.4, -0.2) is 109 Å². The molecule has 0 aliphatic carbocycles. The largest absolute Gasteiger partial charge is 0.484 e. The third-order valence-corrected chi connectivity index (χ3v) is 9.57. The van der Waals surface area contributed by atoms with Crippen molar-refractivity contribution in [2.24, 2.45) is 5.41 Å². The number of anilines is 1. The molecule has 2 fully saturated rings. The molecule has 13 nitrogen and oxygen atoms in total. The van der Waals surface area contributed by atoms with Crippen molar-refractivity contribution in [3.63, 3.8) is 0 Å². The fourth-order valence-electron chi connectivity index (χ4n) is 6.81. The van der Waals surface area contributed by atoms with Crippen molar-refractivity contribution in [3.05, 3.63) is 59.4 Å². The number of nitrogens with one attached hydrogen (secondary N) is 4. The van der Waals surface area contributed by atoms with Gasteiger partial charge in [-0.1, -0.05) is 18.2 Å². The summed E-state index contributed by atoms with van der Waals surface area (Å²) < 4.78 is 20.0. The van der Waals surface area contributed by atoms with Crippen molar-refractivity contribution in [1.82, 2.24) is 25.8 Å². The third-order valence-electron chi connectivity index (χ3n) is 9.57. The van der Waals surface area contributed by atoms with Gasteiger partial charge in [0.2, 0.25) is 23.6 Å². The molecule has 14 heteroatoms. The van der Waals surface area contributed by atoms with Gasteiger partial charge >= 0.3 is 0 Å². The lowest BCUT2D eigenvalue weighted by atomic mass is 9.73. The Morgan fingerprint density at radius 3 is 2.59 bits per heavy atom. The third kappa shape index (κ3) is 9.12. The lowest BCUT2D eigenvalue weighted by Gasteiger charge is -2.42. The molecule has 2 aromatic carbocycles. The zero-order chi connectivity index (χ0) is 35.1. The number of nitrogens with zero attached hydrogens (tertiary/aromatic N) is 2. The van der Waals surface area contributed by atoms with Crippen molar-refractivity contribution in [1.29, 1.82) is 0 Å². The Morgan fingerprint density at radius 1 is 1.06 bits per heavy atom. The van der Waals surface area contributed by atoms with Crippen molar-refractivity contribution in [2.45, 2.75) is 64.1 Å². The summed E-state index contributed by atoms with van der Waals surface area (Å²) in [5, 5.41) is 21.0. The number of ether oxygens (including phenoxy) is 1. The smallest absolute Gasteiger partial charge is 0.258 e. The van der Waals surface area contributed by atoms with E-state index in [-0.39, 0.29) is 31.3 Å². The molecule has 0 saturated carbocycles. The van der Waals surface area contributed by atoms with Gasteiger partial charge in [0.15, 0.2) is 6.61 Å². The molecule has 264 valence electrons. The van der Waals surface area contributed by atoms with Gasteiger partial charge < -0.3 is 36.0 Å². The second-order valence-electron chi connectivity index (χ2n) is 13.4. The SMILES string of the molecule is Cc1ccc(F)c(NC(=O)CN2CCC3(CC2)CNC(=O)[C@H](CO)NC(=O)[C@@H]2CCCN2C(=O)[C@H](C)NC(=O)COc2cccc(c2)C3)c1. The van der Waals surface area contributed by atoms with Crippen molar-refractivity contribution < 1.29 is 38.2 Å². The first kappa shape index (κ1) is 35.7. The normalized spacial score (nSPS) is 24.0. The summed E-state index contributed by atoms with van der Waals surface area (Å²) in [5.41, 5.74) is 1.40. The number of aliphatic hydroxyl groups is 1. The van der Waals surface area contributed by atoms with Gasteiger partial charge in [0, 0.05) is 13.1 Å². The molecule has 1 spiro atoms. The Balaban J connectivity index is 1.32. The monoisotopic (exact) mass is 680 g/mol. The molecule has 0 radical (unpaired) electrons. The summed E-state index contributed by atoms with van der Waals surface area (Å²) in [7, 11) is 0. The number of fused-ring (bicyclic) bond motifs is 3. The van der Waals surface area contributed by atoms with Crippen LogP contribution in [0, 0.1) is 18.2 Å². The highest BCUT2D eigenvalue weighted by Crippen LogP contribution is 2.35. The van der Waals surface area contributed by atoms with Crippen LogP contribution in [0.5, 0.6) is 5.75 Å². The lowest BCUT2D eigenvalue weighted by Crippen LogP contribution is -2.57. The minimum atomic E-state index is -1.23. The molecule has 3 atom stereocenters. The van der Waals surface area contributed by atoms with E-state index in [1.54, 1.807) is 25.1 Å². The summed E-state index contributed by atoms with van der Waals surface area (Å²) >= 11 is 0. The van der Waals surface area contributed by atoms with E-state index < -0.39 is 59.6 Å². The number of benzene rings is 2. The summed E-state index contributed by atoms with van der Waals surface area (Å²) in [5.74, 6) is -2.39. The summed E-state index contributed by atoms with van der Waals surface area (Å²) in [6.45, 7) is 4.08. The average molecular weight is 681 g/mol. The van der Waals surface area contributed by atoms with Gasteiger partial charge in [0.05, 0.1) is 18.8 Å². The van der Waals surface area contributed by atoms with Crippen LogP contribution in [0.25, 0.3) is 0 Å². The molecule has 2 bridgehead atoms. The Bertz CT molecular complexity index is 1560. The van der Waals surface area contributed by atoms with Crippen LogP contribution >= 0.6 is 0 Å². The number of hydrogen-bond acceptors (Lipinski definition) is 8. The second-order valence-corrected chi connectivity index (χ2v) is 13.4.